The van der Waals surface area contributed by atoms with E-state index in [1.807, 2.05) is 0 Å². The SMILES string of the molecule is Cc1nc(N)n2[nH]c(=O)nc2n1. The Morgan fingerprint density at radius 1 is 1.42 bits per heavy atom. The molecule has 0 radical (unpaired) electrons. The van der Waals surface area contributed by atoms with Gasteiger partial charge in [0.15, 0.2) is 0 Å². The van der Waals surface area contributed by atoms with E-state index in [-0.39, 0.29) is 11.7 Å². The summed E-state index contributed by atoms with van der Waals surface area (Å²) < 4.78 is 1.23. The molecule has 0 saturated heterocycles. The summed E-state index contributed by atoms with van der Waals surface area (Å²) in [4.78, 5) is 22.0. The lowest BCUT2D eigenvalue weighted by Gasteiger charge is -1.96. The molecule has 62 valence electrons. The molecule has 0 spiro atoms. The van der Waals surface area contributed by atoms with Gasteiger partial charge in [-0.25, -0.2) is 9.89 Å². The smallest absolute Gasteiger partial charge is 0.363 e. The van der Waals surface area contributed by atoms with E-state index in [0.29, 0.717) is 5.82 Å². The Kier molecular flexibility index (Phi) is 1.15. The number of hydrogen-bond acceptors (Lipinski definition) is 5. The van der Waals surface area contributed by atoms with Crippen molar-refractivity contribution in [3.8, 4) is 0 Å². The first-order valence-corrected chi connectivity index (χ1v) is 3.26. The summed E-state index contributed by atoms with van der Waals surface area (Å²) in [6, 6.07) is 0. The van der Waals surface area contributed by atoms with Gasteiger partial charge in [0.2, 0.25) is 5.95 Å². The monoisotopic (exact) mass is 166 g/mol. The number of nitrogens with zero attached hydrogens (tertiary/aromatic N) is 4. The maximum absolute atomic E-state index is 10.7. The van der Waals surface area contributed by atoms with Crippen molar-refractivity contribution in [3.05, 3.63) is 16.3 Å². The maximum atomic E-state index is 10.7. The molecule has 2 aromatic rings. The number of aryl methyl sites for hydroxylation is 1. The van der Waals surface area contributed by atoms with Crippen LogP contribution in [0.5, 0.6) is 0 Å². The van der Waals surface area contributed by atoms with Crippen LogP contribution in [-0.2, 0) is 0 Å². The zero-order valence-electron chi connectivity index (χ0n) is 6.27. The second-order valence-electron chi connectivity index (χ2n) is 2.29. The number of anilines is 1. The first-order chi connectivity index (χ1) is 5.66. The van der Waals surface area contributed by atoms with Gasteiger partial charge < -0.3 is 5.73 Å². The number of nitrogen functional groups attached to an aromatic ring is 1. The predicted molar refractivity (Wildman–Crippen MR) is 40.6 cm³/mol. The van der Waals surface area contributed by atoms with E-state index in [2.05, 4.69) is 20.1 Å². The van der Waals surface area contributed by atoms with Gasteiger partial charge >= 0.3 is 5.69 Å². The number of aromatic amines is 1. The molecule has 0 fully saturated rings. The fourth-order valence-corrected chi connectivity index (χ4v) is 0.932. The molecular weight excluding hydrogens is 160 g/mol. The molecule has 2 heterocycles. The van der Waals surface area contributed by atoms with Gasteiger partial charge in [0, 0.05) is 0 Å². The average Bonchev–Trinajstić information content (AvgIpc) is 2.29. The normalized spacial score (nSPS) is 10.8. The van der Waals surface area contributed by atoms with Crippen molar-refractivity contribution in [1.82, 2.24) is 24.6 Å². The Hall–Kier alpha value is -1.92. The van der Waals surface area contributed by atoms with Crippen LogP contribution in [0, 0.1) is 6.92 Å². The Morgan fingerprint density at radius 2 is 2.17 bits per heavy atom. The summed E-state index contributed by atoms with van der Waals surface area (Å²) in [5.41, 5.74) is 4.99. The molecule has 0 aliphatic carbocycles. The molecule has 7 heteroatoms. The highest BCUT2D eigenvalue weighted by Gasteiger charge is 2.03. The summed E-state index contributed by atoms with van der Waals surface area (Å²) in [5, 5.41) is 2.35. The lowest BCUT2D eigenvalue weighted by Crippen LogP contribution is -2.07. The number of H-pyrrole nitrogens is 1. The molecule has 0 bridgehead atoms. The van der Waals surface area contributed by atoms with Crippen molar-refractivity contribution in [2.75, 3.05) is 5.73 Å². The Morgan fingerprint density at radius 3 is 2.92 bits per heavy atom. The molecular formula is C5H6N6O. The summed E-state index contributed by atoms with van der Waals surface area (Å²) >= 11 is 0. The number of rotatable bonds is 0. The molecule has 2 rings (SSSR count). The van der Waals surface area contributed by atoms with Crippen LogP contribution in [0.2, 0.25) is 0 Å². The van der Waals surface area contributed by atoms with Gasteiger partial charge in [0.05, 0.1) is 0 Å². The average molecular weight is 166 g/mol. The molecule has 12 heavy (non-hydrogen) atoms. The summed E-state index contributed by atoms with van der Waals surface area (Å²) in [6.07, 6.45) is 0. The van der Waals surface area contributed by atoms with Crippen molar-refractivity contribution in [2.45, 2.75) is 6.92 Å². The van der Waals surface area contributed by atoms with Gasteiger partial charge in [-0.2, -0.15) is 19.5 Å². The van der Waals surface area contributed by atoms with Crippen LogP contribution in [0.3, 0.4) is 0 Å². The molecule has 7 nitrogen and oxygen atoms in total. The quantitative estimate of drug-likeness (QED) is 0.506. The minimum Gasteiger partial charge on any atom is -0.368 e. The van der Waals surface area contributed by atoms with Crippen LogP contribution in [0.1, 0.15) is 5.82 Å². The van der Waals surface area contributed by atoms with Gasteiger partial charge in [-0.1, -0.05) is 0 Å². The first-order valence-electron chi connectivity index (χ1n) is 3.26. The van der Waals surface area contributed by atoms with E-state index < -0.39 is 5.69 Å². The van der Waals surface area contributed by atoms with Gasteiger partial charge in [-0.05, 0) is 6.92 Å². The second kappa shape index (κ2) is 2.03. The fraction of sp³-hybridized carbons (Fsp3) is 0.200. The van der Waals surface area contributed by atoms with Crippen molar-refractivity contribution in [1.29, 1.82) is 0 Å². The predicted octanol–water partition coefficient (Wildman–Crippen LogP) is -1.30. The minimum absolute atomic E-state index is 0.173. The van der Waals surface area contributed by atoms with Gasteiger partial charge in [-0.3, -0.25) is 0 Å². The van der Waals surface area contributed by atoms with Crippen LogP contribution in [0.25, 0.3) is 5.78 Å². The molecule has 2 aromatic heterocycles. The molecule has 3 N–H and O–H groups in total. The third-order valence-electron chi connectivity index (χ3n) is 1.38. The van der Waals surface area contributed by atoms with Gasteiger partial charge in [-0.15, -0.1) is 0 Å². The molecule has 0 unspecified atom stereocenters. The van der Waals surface area contributed by atoms with Crippen molar-refractivity contribution >= 4 is 11.7 Å². The fourth-order valence-electron chi connectivity index (χ4n) is 0.932. The van der Waals surface area contributed by atoms with Gasteiger partial charge in [0.1, 0.15) is 5.82 Å². The Balaban J connectivity index is 2.97. The summed E-state index contributed by atoms with van der Waals surface area (Å²) in [7, 11) is 0. The summed E-state index contributed by atoms with van der Waals surface area (Å²) in [5.74, 6) is 0.899. The minimum atomic E-state index is -0.485. The van der Waals surface area contributed by atoms with E-state index in [0.717, 1.165) is 0 Å². The van der Waals surface area contributed by atoms with Crippen molar-refractivity contribution < 1.29 is 0 Å². The number of nitrogens with two attached hydrogens (primary N) is 1. The third kappa shape index (κ3) is 0.831. The number of hydrogen-bond donors (Lipinski definition) is 2. The molecule has 0 amide bonds. The van der Waals surface area contributed by atoms with Crippen LogP contribution >= 0.6 is 0 Å². The second-order valence-corrected chi connectivity index (χ2v) is 2.29. The van der Waals surface area contributed by atoms with E-state index >= 15 is 0 Å². The Bertz CT molecular complexity index is 482. The molecule has 0 aliphatic heterocycles. The lowest BCUT2D eigenvalue weighted by molar-refractivity contribution is 0.875. The van der Waals surface area contributed by atoms with Crippen LogP contribution in [0.15, 0.2) is 4.79 Å². The molecule has 0 aromatic carbocycles. The summed E-state index contributed by atoms with van der Waals surface area (Å²) in [6.45, 7) is 1.68. The maximum Gasteiger partial charge on any atom is 0.363 e. The highest BCUT2D eigenvalue weighted by atomic mass is 16.1. The number of nitrogens with one attached hydrogen (secondary N) is 1. The topological polar surface area (TPSA) is 102 Å². The molecule has 0 aliphatic rings. The zero-order chi connectivity index (χ0) is 8.72. The largest absolute Gasteiger partial charge is 0.368 e. The molecule has 0 saturated carbocycles. The standard InChI is InChI=1S/C5H6N6O/c1-2-7-3(6)11-4(8-2)9-5(12)10-11/h1H3,(H3,6,7,8,9,10,12). The van der Waals surface area contributed by atoms with Crippen molar-refractivity contribution in [2.24, 2.45) is 0 Å². The van der Waals surface area contributed by atoms with E-state index in [9.17, 15) is 4.79 Å². The van der Waals surface area contributed by atoms with E-state index in [1.54, 1.807) is 6.92 Å². The lowest BCUT2D eigenvalue weighted by atomic mass is 10.7. The number of fused-ring (bicyclic) bond motifs is 1. The van der Waals surface area contributed by atoms with Crippen molar-refractivity contribution in [3.63, 3.8) is 0 Å². The van der Waals surface area contributed by atoms with Crippen LogP contribution in [0.4, 0.5) is 5.95 Å². The first kappa shape index (κ1) is 6.77. The van der Waals surface area contributed by atoms with Crippen LogP contribution < -0.4 is 11.4 Å². The highest BCUT2D eigenvalue weighted by Crippen LogP contribution is 1.97. The van der Waals surface area contributed by atoms with E-state index in [4.69, 9.17) is 5.73 Å². The molecule has 0 atom stereocenters. The zero-order valence-corrected chi connectivity index (χ0v) is 6.27. The number of aromatic nitrogens is 5. The Labute approximate surface area is 66.3 Å². The van der Waals surface area contributed by atoms with Crippen LogP contribution in [-0.4, -0.2) is 24.6 Å². The van der Waals surface area contributed by atoms with Gasteiger partial charge in [0.25, 0.3) is 5.78 Å². The third-order valence-corrected chi connectivity index (χ3v) is 1.38. The highest BCUT2D eigenvalue weighted by molar-refractivity contribution is 5.33. The van der Waals surface area contributed by atoms with E-state index in [1.165, 1.54) is 4.52 Å².